The Balaban J connectivity index is 1.58. The van der Waals surface area contributed by atoms with Gasteiger partial charge in [0.15, 0.2) is 0 Å². The summed E-state index contributed by atoms with van der Waals surface area (Å²) in [5, 5.41) is 2.99. The number of carbonyl (C=O) groups is 3. The Hall–Kier alpha value is -2.17. The summed E-state index contributed by atoms with van der Waals surface area (Å²) in [6.07, 6.45) is 0.966. The number of carbonyl (C=O) groups excluding carboxylic acids is 3. The van der Waals surface area contributed by atoms with Gasteiger partial charge in [0.25, 0.3) is 5.91 Å². The van der Waals surface area contributed by atoms with E-state index in [4.69, 9.17) is 11.6 Å². The lowest BCUT2D eigenvalue weighted by atomic mass is 10.1. The van der Waals surface area contributed by atoms with Gasteiger partial charge in [0.05, 0.1) is 19.2 Å². The zero-order chi connectivity index (χ0) is 20.5. The van der Waals surface area contributed by atoms with Crippen LogP contribution in [0.1, 0.15) is 12.0 Å². The van der Waals surface area contributed by atoms with Gasteiger partial charge in [-0.3, -0.25) is 14.5 Å². The zero-order valence-electron chi connectivity index (χ0n) is 15.3. The van der Waals surface area contributed by atoms with Gasteiger partial charge in [-0.2, -0.15) is 4.31 Å². The first-order valence-corrected chi connectivity index (χ1v) is 11.0. The number of rotatable bonds is 5. The topological polar surface area (TPSA) is 107 Å². The molecule has 0 radical (unpaired) electrons. The lowest BCUT2D eigenvalue weighted by molar-refractivity contribution is -0.136. The van der Waals surface area contributed by atoms with Crippen molar-refractivity contribution in [3.8, 4) is 0 Å². The molecule has 1 unspecified atom stereocenters. The average molecular weight is 429 g/mol. The number of benzene rings is 1. The van der Waals surface area contributed by atoms with Crippen LogP contribution in [0, 0.1) is 0 Å². The molecule has 4 amide bonds. The molecule has 28 heavy (non-hydrogen) atoms. The van der Waals surface area contributed by atoms with Crippen molar-refractivity contribution in [2.75, 3.05) is 32.4 Å². The van der Waals surface area contributed by atoms with Crippen molar-refractivity contribution < 1.29 is 22.8 Å². The van der Waals surface area contributed by atoms with Crippen molar-refractivity contribution >= 4 is 39.5 Å². The van der Waals surface area contributed by atoms with E-state index >= 15 is 0 Å². The third-order valence-corrected chi connectivity index (χ3v) is 6.50. The largest absolute Gasteiger partial charge is 0.340 e. The van der Waals surface area contributed by atoms with Gasteiger partial charge >= 0.3 is 6.03 Å². The Morgan fingerprint density at radius 2 is 1.82 bits per heavy atom. The molecule has 0 aliphatic carbocycles. The molecule has 2 saturated heterocycles. The van der Waals surface area contributed by atoms with Crippen LogP contribution in [0.2, 0.25) is 5.02 Å². The van der Waals surface area contributed by atoms with Gasteiger partial charge in [-0.15, -0.1) is 0 Å². The molecule has 0 spiro atoms. The molecule has 2 heterocycles. The fourth-order valence-electron chi connectivity index (χ4n) is 3.23. The number of nitrogens with one attached hydrogen (secondary N) is 1. The van der Waals surface area contributed by atoms with Crippen LogP contribution in [0.3, 0.4) is 0 Å². The van der Waals surface area contributed by atoms with E-state index in [1.165, 1.54) is 9.21 Å². The molecule has 9 nitrogen and oxygen atoms in total. The zero-order valence-corrected chi connectivity index (χ0v) is 16.9. The summed E-state index contributed by atoms with van der Waals surface area (Å²) in [5.74, 6) is -0.778. The Morgan fingerprint density at radius 3 is 2.43 bits per heavy atom. The molecule has 2 aliphatic heterocycles. The molecule has 1 aromatic rings. The number of sulfonamides is 1. The van der Waals surface area contributed by atoms with Crippen LogP contribution in [0.4, 0.5) is 4.79 Å². The van der Waals surface area contributed by atoms with Crippen LogP contribution in [0.25, 0.3) is 0 Å². The minimum Gasteiger partial charge on any atom is -0.340 e. The summed E-state index contributed by atoms with van der Waals surface area (Å²) < 4.78 is 24.4. The molecule has 0 aromatic heterocycles. The maximum absolute atomic E-state index is 12.6. The molecule has 152 valence electrons. The first-order valence-electron chi connectivity index (χ1n) is 8.75. The Morgan fingerprint density at radius 1 is 1.18 bits per heavy atom. The quantitative estimate of drug-likeness (QED) is 0.677. The lowest BCUT2D eigenvalue weighted by Gasteiger charge is -2.33. The van der Waals surface area contributed by atoms with Crippen LogP contribution in [0.5, 0.6) is 0 Å². The number of imide groups is 1. The monoisotopic (exact) mass is 428 g/mol. The third kappa shape index (κ3) is 4.45. The van der Waals surface area contributed by atoms with Gasteiger partial charge < -0.3 is 10.2 Å². The molecule has 1 N–H and O–H groups in total. The number of hydrogen-bond acceptors (Lipinski definition) is 5. The van der Waals surface area contributed by atoms with Gasteiger partial charge in [0, 0.05) is 31.2 Å². The SMILES string of the molecule is CS(=O)(=O)N1CCN(C(=O)CC2NC(=O)N(Cc3ccccc3Cl)C2=O)CC1. The van der Waals surface area contributed by atoms with Gasteiger partial charge in [-0.05, 0) is 11.6 Å². The van der Waals surface area contributed by atoms with Gasteiger partial charge in [0.2, 0.25) is 15.9 Å². The summed E-state index contributed by atoms with van der Waals surface area (Å²) in [6, 6.07) is 5.41. The summed E-state index contributed by atoms with van der Waals surface area (Å²) in [7, 11) is -3.29. The summed E-state index contributed by atoms with van der Waals surface area (Å²) in [6.45, 7) is 0.971. The van der Waals surface area contributed by atoms with Crippen LogP contribution < -0.4 is 5.32 Å². The van der Waals surface area contributed by atoms with Gasteiger partial charge in [0.1, 0.15) is 6.04 Å². The lowest BCUT2D eigenvalue weighted by Crippen LogP contribution is -2.51. The third-order valence-electron chi connectivity index (χ3n) is 4.83. The number of hydrogen-bond donors (Lipinski definition) is 1. The fourth-order valence-corrected chi connectivity index (χ4v) is 4.26. The van der Waals surface area contributed by atoms with E-state index in [1.54, 1.807) is 24.3 Å². The highest BCUT2D eigenvalue weighted by Gasteiger charge is 2.40. The second-order valence-electron chi connectivity index (χ2n) is 6.76. The molecule has 2 fully saturated rings. The van der Waals surface area contributed by atoms with Gasteiger partial charge in [-0.1, -0.05) is 29.8 Å². The molecule has 0 saturated carbocycles. The maximum Gasteiger partial charge on any atom is 0.325 e. The summed E-state index contributed by atoms with van der Waals surface area (Å²) >= 11 is 6.09. The highest BCUT2D eigenvalue weighted by Crippen LogP contribution is 2.20. The van der Waals surface area contributed by atoms with Crippen LogP contribution >= 0.6 is 11.6 Å². The molecular weight excluding hydrogens is 408 g/mol. The maximum atomic E-state index is 12.6. The first-order chi connectivity index (χ1) is 13.2. The van der Waals surface area contributed by atoms with Crippen molar-refractivity contribution in [2.24, 2.45) is 0 Å². The normalized spacial score (nSPS) is 21.1. The summed E-state index contributed by atoms with van der Waals surface area (Å²) in [4.78, 5) is 39.8. The second kappa shape index (κ2) is 8.06. The van der Waals surface area contributed by atoms with E-state index in [-0.39, 0.29) is 45.1 Å². The predicted octanol–water partition coefficient (Wildman–Crippen LogP) is 0.254. The van der Waals surface area contributed by atoms with Gasteiger partial charge in [-0.25, -0.2) is 13.2 Å². The number of nitrogens with zero attached hydrogens (tertiary/aromatic N) is 3. The van der Waals surface area contributed by atoms with E-state index in [9.17, 15) is 22.8 Å². The Kier molecular flexibility index (Phi) is 5.92. The molecule has 3 rings (SSSR count). The molecule has 0 bridgehead atoms. The molecule has 1 atom stereocenters. The minimum absolute atomic E-state index is 0.0298. The smallest absolute Gasteiger partial charge is 0.325 e. The van der Waals surface area contributed by atoms with Crippen molar-refractivity contribution in [1.82, 2.24) is 19.4 Å². The standard InChI is InChI=1S/C17H21ClN4O5S/c1-28(26,27)21-8-6-20(7-9-21)15(23)10-14-16(24)22(17(25)19-14)11-12-4-2-3-5-13(12)18/h2-5,14H,6-11H2,1H3,(H,19,25). The average Bonchev–Trinajstić information content (AvgIpc) is 2.90. The minimum atomic E-state index is -3.29. The second-order valence-corrected chi connectivity index (χ2v) is 9.15. The molecule has 2 aliphatic rings. The van der Waals surface area contributed by atoms with Crippen molar-refractivity contribution in [3.63, 3.8) is 0 Å². The van der Waals surface area contributed by atoms with Crippen molar-refractivity contribution in [3.05, 3.63) is 34.9 Å². The number of piperazine rings is 1. The highest BCUT2D eigenvalue weighted by atomic mass is 35.5. The van der Waals surface area contributed by atoms with Crippen LogP contribution in [-0.2, 0) is 26.2 Å². The number of urea groups is 1. The van der Waals surface area contributed by atoms with E-state index in [0.717, 1.165) is 11.2 Å². The van der Waals surface area contributed by atoms with Crippen LogP contribution in [-0.4, -0.2) is 78.8 Å². The van der Waals surface area contributed by atoms with E-state index in [2.05, 4.69) is 5.32 Å². The van der Waals surface area contributed by atoms with Crippen LogP contribution in [0.15, 0.2) is 24.3 Å². The number of halogens is 1. The van der Waals surface area contributed by atoms with Crippen molar-refractivity contribution in [1.29, 1.82) is 0 Å². The van der Waals surface area contributed by atoms with E-state index in [1.807, 2.05) is 0 Å². The first kappa shape index (κ1) is 20.6. The Labute approximate surface area is 168 Å². The fraction of sp³-hybridized carbons (Fsp3) is 0.471. The predicted molar refractivity (Wildman–Crippen MR) is 102 cm³/mol. The summed E-state index contributed by atoms with van der Waals surface area (Å²) in [5.41, 5.74) is 0.636. The van der Waals surface area contributed by atoms with Crippen molar-refractivity contribution in [2.45, 2.75) is 19.0 Å². The Bertz CT molecular complexity index is 899. The number of amides is 4. The highest BCUT2D eigenvalue weighted by molar-refractivity contribution is 7.88. The molecule has 11 heteroatoms. The van der Waals surface area contributed by atoms with E-state index < -0.39 is 28.0 Å². The van der Waals surface area contributed by atoms with E-state index in [0.29, 0.717) is 10.6 Å². The molecular formula is C17H21ClN4O5S. The molecule has 1 aromatic carbocycles.